The number of amides is 2. The smallest absolute Gasteiger partial charge is 0.224 e. The SMILES string of the molecule is CC(=O)NCCC(=O)N1CCN(CCCc2cccc(Cl)c2)CC1. The van der Waals surface area contributed by atoms with Crippen LogP contribution in [0.1, 0.15) is 25.3 Å². The van der Waals surface area contributed by atoms with Crippen molar-refractivity contribution in [3.63, 3.8) is 0 Å². The van der Waals surface area contributed by atoms with Gasteiger partial charge in [0.05, 0.1) is 0 Å². The molecule has 1 aliphatic rings. The number of nitrogens with one attached hydrogen (secondary N) is 1. The van der Waals surface area contributed by atoms with Gasteiger partial charge in [0.1, 0.15) is 0 Å². The number of carbonyl (C=O) groups excluding carboxylic acids is 2. The molecule has 0 unspecified atom stereocenters. The highest BCUT2D eigenvalue weighted by molar-refractivity contribution is 6.30. The molecule has 0 aromatic heterocycles. The van der Waals surface area contributed by atoms with E-state index in [2.05, 4.69) is 16.3 Å². The van der Waals surface area contributed by atoms with E-state index < -0.39 is 0 Å². The van der Waals surface area contributed by atoms with E-state index in [0.717, 1.165) is 50.6 Å². The monoisotopic (exact) mass is 351 g/mol. The molecule has 1 fully saturated rings. The lowest BCUT2D eigenvalue weighted by molar-refractivity contribution is -0.132. The van der Waals surface area contributed by atoms with Crippen LogP contribution in [0.25, 0.3) is 0 Å². The Bertz CT molecular complexity index is 557. The lowest BCUT2D eigenvalue weighted by atomic mass is 10.1. The fraction of sp³-hybridized carbons (Fsp3) is 0.556. The number of rotatable bonds is 7. The van der Waals surface area contributed by atoms with Crippen molar-refractivity contribution in [2.24, 2.45) is 0 Å². The Morgan fingerprint density at radius 3 is 2.62 bits per heavy atom. The summed E-state index contributed by atoms with van der Waals surface area (Å²) >= 11 is 6.00. The summed E-state index contributed by atoms with van der Waals surface area (Å²) in [6, 6.07) is 8.01. The first-order valence-electron chi connectivity index (χ1n) is 8.53. The summed E-state index contributed by atoms with van der Waals surface area (Å²) in [5, 5.41) is 3.46. The van der Waals surface area contributed by atoms with Crippen molar-refractivity contribution in [1.82, 2.24) is 15.1 Å². The first kappa shape index (κ1) is 18.7. The summed E-state index contributed by atoms with van der Waals surface area (Å²) in [6.45, 7) is 6.32. The molecule has 0 radical (unpaired) electrons. The molecule has 0 atom stereocenters. The zero-order chi connectivity index (χ0) is 17.4. The maximum atomic E-state index is 12.1. The highest BCUT2D eigenvalue weighted by Gasteiger charge is 2.20. The Hall–Kier alpha value is -1.59. The van der Waals surface area contributed by atoms with Crippen LogP contribution in [0.3, 0.4) is 0 Å². The molecule has 1 N–H and O–H groups in total. The zero-order valence-electron chi connectivity index (χ0n) is 14.3. The average Bonchev–Trinajstić information content (AvgIpc) is 2.55. The van der Waals surface area contributed by atoms with E-state index in [1.54, 1.807) is 0 Å². The number of benzene rings is 1. The predicted octanol–water partition coefficient (Wildman–Crippen LogP) is 1.94. The van der Waals surface area contributed by atoms with Crippen LogP contribution in [0.5, 0.6) is 0 Å². The van der Waals surface area contributed by atoms with E-state index in [-0.39, 0.29) is 11.8 Å². The van der Waals surface area contributed by atoms with Gasteiger partial charge in [0.25, 0.3) is 0 Å². The number of hydrogen-bond donors (Lipinski definition) is 1. The largest absolute Gasteiger partial charge is 0.356 e. The van der Waals surface area contributed by atoms with Crippen LogP contribution < -0.4 is 5.32 Å². The molecule has 2 rings (SSSR count). The molecule has 0 saturated carbocycles. The third kappa shape index (κ3) is 6.49. The molecule has 6 heteroatoms. The van der Waals surface area contributed by atoms with Gasteiger partial charge in [0.15, 0.2) is 0 Å². The number of carbonyl (C=O) groups is 2. The van der Waals surface area contributed by atoms with E-state index in [0.29, 0.717) is 13.0 Å². The van der Waals surface area contributed by atoms with Crippen LogP contribution in [-0.2, 0) is 16.0 Å². The highest BCUT2D eigenvalue weighted by Crippen LogP contribution is 2.13. The standard InChI is InChI=1S/C18H26ClN3O2/c1-15(23)20-8-7-18(24)22-12-10-21(11-13-22)9-3-5-16-4-2-6-17(19)14-16/h2,4,6,14H,3,5,7-13H2,1H3,(H,20,23). The first-order valence-corrected chi connectivity index (χ1v) is 8.91. The topological polar surface area (TPSA) is 52.7 Å². The molecule has 5 nitrogen and oxygen atoms in total. The quantitative estimate of drug-likeness (QED) is 0.816. The summed E-state index contributed by atoms with van der Waals surface area (Å²) in [5.41, 5.74) is 1.27. The second kappa shape index (κ2) is 9.64. The van der Waals surface area contributed by atoms with Crippen LogP contribution >= 0.6 is 11.6 Å². The lowest BCUT2D eigenvalue weighted by Crippen LogP contribution is -2.49. The minimum Gasteiger partial charge on any atom is -0.356 e. The van der Waals surface area contributed by atoms with Crippen molar-refractivity contribution in [3.05, 3.63) is 34.9 Å². The summed E-state index contributed by atoms with van der Waals surface area (Å²) < 4.78 is 0. The zero-order valence-corrected chi connectivity index (χ0v) is 15.0. The van der Waals surface area contributed by atoms with Crippen molar-refractivity contribution in [2.75, 3.05) is 39.3 Å². The molecule has 24 heavy (non-hydrogen) atoms. The molecule has 0 aliphatic carbocycles. The van der Waals surface area contributed by atoms with Crippen molar-refractivity contribution in [1.29, 1.82) is 0 Å². The first-order chi connectivity index (χ1) is 11.5. The molecule has 1 aromatic carbocycles. The molecule has 1 saturated heterocycles. The van der Waals surface area contributed by atoms with Gasteiger partial charge in [0, 0.05) is 51.1 Å². The van der Waals surface area contributed by atoms with Gasteiger partial charge in [-0.15, -0.1) is 0 Å². The third-order valence-electron chi connectivity index (χ3n) is 4.27. The van der Waals surface area contributed by atoms with Crippen LogP contribution in [0.2, 0.25) is 5.02 Å². The second-order valence-electron chi connectivity index (χ2n) is 6.19. The molecule has 2 amide bonds. The second-order valence-corrected chi connectivity index (χ2v) is 6.63. The van der Waals surface area contributed by atoms with Gasteiger partial charge in [-0.05, 0) is 37.1 Å². The number of nitrogens with zero attached hydrogens (tertiary/aromatic N) is 2. The van der Waals surface area contributed by atoms with Crippen molar-refractivity contribution in [2.45, 2.75) is 26.2 Å². The van der Waals surface area contributed by atoms with Gasteiger partial charge in [-0.2, -0.15) is 0 Å². The average molecular weight is 352 g/mol. The summed E-state index contributed by atoms with van der Waals surface area (Å²) in [5.74, 6) is 0.0367. The lowest BCUT2D eigenvalue weighted by Gasteiger charge is -2.34. The highest BCUT2D eigenvalue weighted by atomic mass is 35.5. The van der Waals surface area contributed by atoms with Crippen LogP contribution in [0, 0.1) is 0 Å². The normalized spacial score (nSPS) is 15.3. The van der Waals surface area contributed by atoms with Gasteiger partial charge in [-0.25, -0.2) is 0 Å². The molecule has 0 bridgehead atoms. The maximum Gasteiger partial charge on any atom is 0.224 e. The van der Waals surface area contributed by atoms with Gasteiger partial charge in [-0.3, -0.25) is 14.5 Å². The minimum absolute atomic E-state index is 0.0904. The Kier molecular flexibility index (Phi) is 7.53. The van der Waals surface area contributed by atoms with Crippen molar-refractivity contribution >= 4 is 23.4 Å². The van der Waals surface area contributed by atoms with Gasteiger partial charge >= 0.3 is 0 Å². The number of piperazine rings is 1. The van der Waals surface area contributed by atoms with Crippen LogP contribution in [0.15, 0.2) is 24.3 Å². The summed E-state index contributed by atoms with van der Waals surface area (Å²) in [6.07, 6.45) is 2.50. The fourth-order valence-electron chi connectivity index (χ4n) is 2.92. The van der Waals surface area contributed by atoms with E-state index in [1.165, 1.54) is 12.5 Å². The van der Waals surface area contributed by atoms with E-state index in [4.69, 9.17) is 11.6 Å². The van der Waals surface area contributed by atoms with Gasteiger partial charge < -0.3 is 10.2 Å². The predicted molar refractivity (Wildman–Crippen MR) is 96.1 cm³/mol. The third-order valence-corrected chi connectivity index (χ3v) is 4.50. The summed E-state index contributed by atoms with van der Waals surface area (Å²) in [4.78, 5) is 27.2. The Balaban J connectivity index is 1.62. The Morgan fingerprint density at radius 1 is 1.21 bits per heavy atom. The molecule has 132 valence electrons. The fourth-order valence-corrected chi connectivity index (χ4v) is 3.14. The Labute approximate surface area is 149 Å². The van der Waals surface area contributed by atoms with E-state index in [1.807, 2.05) is 23.1 Å². The van der Waals surface area contributed by atoms with Crippen molar-refractivity contribution < 1.29 is 9.59 Å². The number of aryl methyl sites for hydroxylation is 1. The Morgan fingerprint density at radius 2 is 1.96 bits per heavy atom. The summed E-state index contributed by atoms with van der Waals surface area (Å²) in [7, 11) is 0. The molecule has 1 heterocycles. The van der Waals surface area contributed by atoms with E-state index >= 15 is 0 Å². The van der Waals surface area contributed by atoms with Crippen LogP contribution in [0.4, 0.5) is 0 Å². The van der Waals surface area contributed by atoms with Crippen molar-refractivity contribution in [3.8, 4) is 0 Å². The maximum absolute atomic E-state index is 12.1. The van der Waals surface area contributed by atoms with Crippen LogP contribution in [-0.4, -0.2) is 60.9 Å². The molecular weight excluding hydrogens is 326 g/mol. The minimum atomic E-state index is -0.0904. The van der Waals surface area contributed by atoms with E-state index in [9.17, 15) is 9.59 Å². The van der Waals surface area contributed by atoms with Gasteiger partial charge in [-0.1, -0.05) is 23.7 Å². The molecule has 1 aliphatic heterocycles. The van der Waals surface area contributed by atoms with Gasteiger partial charge in [0.2, 0.25) is 11.8 Å². The molecular formula is C18H26ClN3O2. The number of halogens is 1. The molecule has 0 spiro atoms. The molecule has 1 aromatic rings. The number of hydrogen-bond acceptors (Lipinski definition) is 3.